The van der Waals surface area contributed by atoms with Crippen molar-refractivity contribution in [2.45, 2.75) is 6.54 Å². The molecule has 19 heavy (non-hydrogen) atoms. The minimum absolute atomic E-state index is 0.557. The van der Waals surface area contributed by atoms with E-state index < -0.39 is 0 Å². The molecule has 1 aromatic carbocycles. The predicted octanol–water partition coefficient (Wildman–Crippen LogP) is 3.70. The number of pyridine rings is 1. The fraction of sp³-hybridized carbons (Fsp3) is 0.154. The van der Waals surface area contributed by atoms with Crippen LogP contribution in [0.2, 0.25) is 5.02 Å². The number of benzene rings is 1. The standard InChI is InChI=1S/C13H13BrClN3O/c1-19-12-3-2-10(16)4-8(12)6-17-13-11(14)5-9(15)7-18-13/h2-5,7H,6,16H2,1H3,(H,17,18). The maximum absolute atomic E-state index is 5.85. The van der Waals surface area contributed by atoms with Crippen LogP contribution in [0.4, 0.5) is 11.5 Å². The lowest BCUT2D eigenvalue weighted by molar-refractivity contribution is 0.410. The Kier molecular flexibility index (Phi) is 4.50. The highest BCUT2D eigenvalue weighted by Gasteiger charge is 2.06. The second-order valence-corrected chi connectivity index (χ2v) is 5.20. The van der Waals surface area contributed by atoms with E-state index >= 15 is 0 Å². The summed E-state index contributed by atoms with van der Waals surface area (Å²) in [6.07, 6.45) is 1.59. The summed E-state index contributed by atoms with van der Waals surface area (Å²) < 4.78 is 6.10. The first kappa shape index (κ1) is 14.0. The SMILES string of the molecule is COc1ccc(N)cc1CNc1ncc(Cl)cc1Br. The normalized spacial score (nSPS) is 10.3. The summed E-state index contributed by atoms with van der Waals surface area (Å²) in [4.78, 5) is 4.21. The van der Waals surface area contributed by atoms with E-state index in [1.807, 2.05) is 12.1 Å². The number of aromatic nitrogens is 1. The largest absolute Gasteiger partial charge is 0.496 e. The maximum atomic E-state index is 5.85. The Bertz CT molecular complexity index is 592. The van der Waals surface area contributed by atoms with Gasteiger partial charge in [-0.3, -0.25) is 0 Å². The summed E-state index contributed by atoms with van der Waals surface area (Å²) in [6, 6.07) is 7.30. The van der Waals surface area contributed by atoms with Gasteiger partial charge in [-0.25, -0.2) is 4.98 Å². The lowest BCUT2D eigenvalue weighted by atomic mass is 10.2. The van der Waals surface area contributed by atoms with Crippen molar-refractivity contribution < 1.29 is 4.74 Å². The molecule has 0 unspecified atom stereocenters. The number of nitrogens with two attached hydrogens (primary N) is 1. The fourth-order valence-electron chi connectivity index (χ4n) is 1.66. The number of anilines is 2. The molecule has 0 saturated heterocycles. The number of hydrogen-bond donors (Lipinski definition) is 2. The summed E-state index contributed by atoms with van der Waals surface area (Å²) >= 11 is 9.25. The van der Waals surface area contributed by atoms with Crippen LogP contribution in [-0.2, 0) is 6.54 Å². The number of halogens is 2. The van der Waals surface area contributed by atoms with Gasteiger partial charge in [-0.1, -0.05) is 11.6 Å². The van der Waals surface area contributed by atoms with Gasteiger partial charge in [0.2, 0.25) is 0 Å². The monoisotopic (exact) mass is 341 g/mol. The molecule has 0 bridgehead atoms. The van der Waals surface area contributed by atoms with Gasteiger partial charge in [0.05, 0.1) is 16.6 Å². The molecule has 2 rings (SSSR count). The van der Waals surface area contributed by atoms with Crippen LogP contribution in [0, 0.1) is 0 Å². The van der Waals surface area contributed by atoms with Crippen molar-refractivity contribution in [3.63, 3.8) is 0 Å². The second kappa shape index (κ2) is 6.12. The van der Waals surface area contributed by atoms with Crippen molar-refractivity contribution in [1.82, 2.24) is 4.98 Å². The molecule has 100 valence electrons. The van der Waals surface area contributed by atoms with Gasteiger partial charge in [-0.05, 0) is 40.2 Å². The van der Waals surface area contributed by atoms with Crippen LogP contribution in [-0.4, -0.2) is 12.1 Å². The Labute approximate surface area is 125 Å². The van der Waals surface area contributed by atoms with Gasteiger partial charge in [0.1, 0.15) is 11.6 Å². The average molecular weight is 343 g/mol. The molecule has 0 aliphatic rings. The van der Waals surface area contributed by atoms with Crippen molar-refractivity contribution in [1.29, 1.82) is 0 Å². The van der Waals surface area contributed by atoms with E-state index in [-0.39, 0.29) is 0 Å². The topological polar surface area (TPSA) is 60.2 Å². The molecule has 3 N–H and O–H groups in total. The highest BCUT2D eigenvalue weighted by Crippen LogP contribution is 2.26. The van der Waals surface area contributed by atoms with Crippen LogP contribution in [0.25, 0.3) is 0 Å². The van der Waals surface area contributed by atoms with Crippen LogP contribution in [0.1, 0.15) is 5.56 Å². The average Bonchev–Trinajstić information content (AvgIpc) is 2.38. The molecule has 0 saturated carbocycles. The Morgan fingerprint density at radius 3 is 2.89 bits per heavy atom. The first-order valence-corrected chi connectivity index (χ1v) is 6.74. The first-order chi connectivity index (χ1) is 9.10. The van der Waals surface area contributed by atoms with E-state index in [9.17, 15) is 0 Å². The van der Waals surface area contributed by atoms with Crippen LogP contribution in [0.3, 0.4) is 0 Å². The molecule has 1 heterocycles. The zero-order valence-corrected chi connectivity index (χ0v) is 12.6. The van der Waals surface area contributed by atoms with Crippen LogP contribution >= 0.6 is 27.5 Å². The van der Waals surface area contributed by atoms with Gasteiger partial charge in [-0.15, -0.1) is 0 Å². The summed E-state index contributed by atoms with van der Waals surface area (Å²) in [5, 5.41) is 3.79. The van der Waals surface area contributed by atoms with Gasteiger partial charge >= 0.3 is 0 Å². The van der Waals surface area contributed by atoms with Gasteiger partial charge in [0.15, 0.2) is 0 Å². The van der Waals surface area contributed by atoms with Gasteiger partial charge in [0.25, 0.3) is 0 Å². The molecule has 0 atom stereocenters. The number of nitrogen functional groups attached to an aromatic ring is 1. The zero-order chi connectivity index (χ0) is 13.8. The van der Waals surface area contributed by atoms with Crippen molar-refractivity contribution in [2.24, 2.45) is 0 Å². The Balaban J connectivity index is 2.16. The Morgan fingerprint density at radius 2 is 2.21 bits per heavy atom. The lowest BCUT2D eigenvalue weighted by Gasteiger charge is -2.12. The molecule has 1 aromatic heterocycles. The highest BCUT2D eigenvalue weighted by atomic mass is 79.9. The van der Waals surface area contributed by atoms with E-state index in [0.29, 0.717) is 23.1 Å². The smallest absolute Gasteiger partial charge is 0.140 e. The first-order valence-electron chi connectivity index (χ1n) is 5.57. The molecule has 0 radical (unpaired) electrons. The van der Waals surface area contributed by atoms with Crippen molar-refractivity contribution in [3.05, 3.63) is 45.5 Å². The summed E-state index contributed by atoms with van der Waals surface area (Å²) in [5.74, 6) is 1.50. The third kappa shape index (κ3) is 3.52. The third-order valence-corrected chi connectivity index (χ3v) is 3.37. The van der Waals surface area contributed by atoms with E-state index in [1.165, 1.54) is 0 Å². The highest BCUT2D eigenvalue weighted by molar-refractivity contribution is 9.10. The summed E-state index contributed by atoms with van der Waals surface area (Å²) in [7, 11) is 1.63. The molecular formula is C13H13BrClN3O. The summed E-state index contributed by atoms with van der Waals surface area (Å²) in [5.41, 5.74) is 7.43. The lowest BCUT2D eigenvalue weighted by Crippen LogP contribution is -2.04. The van der Waals surface area contributed by atoms with Crippen molar-refractivity contribution in [2.75, 3.05) is 18.2 Å². The number of nitrogens with zero attached hydrogens (tertiary/aromatic N) is 1. The molecule has 0 spiro atoms. The van der Waals surface area contributed by atoms with Crippen LogP contribution in [0.15, 0.2) is 34.9 Å². The number of nitrogens with one attached hydrogen (secondary N) is 1. The Hall–Kier alpha value is -1.46. The number of rotatable bonds is 4. The molecule has 0 aliphatic heterocycles. The van der Waals surface area contributed by atoms with E-state index in [1.54, 1.807) is 25.4 Å². The minimum atomic E-state index is 0.557. The van der Waals surface area contributed by atoms with Gasteiger partial charge in [-0.2, -0.15) is 0 Å². The number of hydrogen-bond acceptors (Lipinski definition) is 4. The molecule has 0 amide bonds. The summed E-state index contributed by atoms with van der Waals surface area (Å²) in [6.45, 7) is 0.557. The fourth-order valence-corrected chi connectivity index (χ4v) is 2.44. The molecule has 0 aliphatic carbocycles. The van der Waals surface area contributed by atoms with E-state index in [4.69, 9.17) is 22.1 Å². The third-order valence-electron chi connectivity index (χ3n) is 2.56. The molecule has 0 fully saturated rings. The molecule has 4 nitrogen and oxygen atoms in total. The van der Waals surface area contributed by atoms with Crippen LogP contribution in [0.5, 0.6) is 5.75 Å². The maximum Gasteiger partial charge on any atom is 0.140 e. The minimum Gasteiger partial charge on any atom is -0.496 e. The van der Waals surface area contributed by atoms with E-state index in [0.717, 1.165) is 15.8 Å². The predicted molar refractivity (Wildman–Crippen MR) is 81.7 cm³/mol. The quantitative estimate of drug-likeness (QED) is 0.832. The van der Waals surface area contributed by atoms with Crippen molar-refractivity contribution >= 4 is 39.0 Å². The van der Waals surface area contributed by atoms with Crippen molar-refractivity contribution in [3.8, 4) is 5.75 Å². The molecule has 6 heteroatoms. The Morgan fingerprint density at radius 1 is 1.42 bits per heavy atom. The van der Waals surface area contributed by atoms with E-state index in [2.05, 4.69) is 26.2 Å². The molecule has 2 aromatic rings. The number of methoxy groups -OCH3 is 1. The van der Waals surface area contributed by atoms with Gasteiger partial charge < -0.3 is 15.8 Å². The molecular weight excluding hydrogens is 330 g/mol. The number of ether oxygens (including phenoxy) is 1. The van der Waals surface area contributed by atoms with Crippen LogP contribution < -0.4 is 15.8 Å². The second-order valence-electron chi connectivity index (χ2n) is 3.91. The zero-order valence-electron chi connectivity index (χ0n) is 10.3. The van der Waals surface area contributed by atoms with Gasteiger partial charge in [0, 0.05) is 24.0 Å².